The second-order valence-electron chi connectivity index (χ2n) is 6.62. The van der Waals surface area contributed by atoms with Crippen LogP contribution in [-0.4, -0.2) is 23.4 Å². The van der Waals surface area contributed by atoms with E-state index in [1.165, 1.54) is 37.5 Å². The molecule has 3 aromatic rings. The maximum atomic E-state index is 13.3. The van der Waals surface area contributed by atoms with Crippen molar-refractivity contribution < 1.29 is 25.6 Å². The van der Waals surface area contributed by atoms with Gasteiger partial charge in [-0.2, -0.15) is 0 Å². The van der Waals surface area contributed by atoms with Crippen molar-refractivity contribution in [3.8, 4) is 0 Å². The number of nitrogens with one attached hydrogen (secondary N) is 1. The quantitative estimate of drug-likeness (QED) is 0.610. The third-order valence-electron chi connectivity index (χ3n) is 4.47. The topological polar surface area (TPSA) is 93.5 Å². The minimum atomic E-state index is -4.07. The molecule has 0 bridgehead atoms. The first kappa shape index (κ1) is 21.2. The second kappa shape index (κ2) is 8.10. The van der Waals surface area contributed by atoms with E-state index in [9.17, 15) is 21.2 Å². The first-order valence-electron chi connectivity index (χ1n) is 8.71. The Bertz CT molecular complexity index is 1200. The predicted octanol–water partition coefficient (Wildman–Crippen LogP) is 3.53. The fraction of sp³-hybridized carbons (Fsp3) is 0.200. The molecule has 1 atom stereocenters. The lowest BCUT2D eigenvalue weighted by atomic mass is 10.2. The average Bonchev–Trinajstić information content (AvgIpc) is 3.15. The van der Waals surface area contributed by atoms with E-state index < -0.39 is 37.5 Å². The minimum Gasteiger partial charge on any atom is -0.468 e. The van der Waals surface area contributed by atoms with Crippen LogP contribution in [0, 0.1) is 19.7 Å². The first-order chi connectivity index (χ1) is 13.6. The number of sulfone groups is 1. The lowest BCUT2D eigenvalue weighted by Crippen LogP contribution is -2.32. The average molecular weight is 438 g/mol. The van der Waals surface area contributed by atoms with Crippen molar-refractivity contribution in [2.45, 2.75) is 28.9 Å². The molecule has 0 radical (unpaired) electrons. The highest BCUT2D eigenvalue weighted by Gasteiger charge is 2.33. The van der Waals surface area contributed by atoms with E-state index in [1.807, 2.05) is 6.92 Å². The summed E-state index contributed by atoms with van der Waals surface area (Å²) in [6, 6.07) is 12.6. The molecule has 0 aliphatic carbocycles. The predicted molar refractivity (Wildman–Crippen MR) is 106 cm³/mol. The lowest BCUT2D eigenvalue weighted by molar-refractivity contribution is 0.486. The van der Waals surface area contributed by atoms with Crippen molar-refractivity contribution in [1.82, 2.24) is 4.72 Å². The second-order valence-corrected chi connectivity index (χ2v) is 10.5. The normalized spacial score (nSPS) is 13.3. The van der Waals surface area contributed by atoms with E-state index in [2.05, 4.69) is 4.72 Å². The van der Waals surface area contributed by atoms with E-state index in [0.29, 0.717) is 0 Å². The van der Waals surface area contributed by atoms with E-state index in [0.717, 1.165) is 23.8 Å². The SMILES string of the molecule is Cc1ccc(S(=O)(=O)[C@@H](CNS(=O)(=O)c2ccc(F)cc2C)c2ccco2)cc1. The molecule has 1 aromatic heterocycles. The summed E-state index contributed by atoms with van der Waals surface area (Å²) < 4.78 is 72.6. The van der Waals surface area contributed by atoms with Crippen LogP contribution in [0.4, 0.5) is 4.39 Å². The van der Waals surface area contributed by atoms with Gasteiger partial charge in [-0.15, -0.1) is 0 Å². The standard InChI is InChI=1S/C20H20FNO5S2/c1-14-5-8-17(9-6-14)28(23,24)20(18-4-3-11-27-18)13-22-29(25,26)19-10-7-16(21)12-15(19)2/h3-12,20,22H,13H2,1-2H3/t20-/m0/s1. The van der Waals surface area contributed by atoms with Gasteiger partial charge in [0, 0.05) is 6.54 Å². The molecule has 154 valence electrons. The van der Waals surface area contributed by atoms with Gasteiger partial charge in [-0.05, 0) is 61.9 Å². The van der Waals surface area contributed by atoms with Gasteiger partial charge in [-0.1, -0.05) is 17.7 Å². The highest BCUT2D eigenvalue weighted by Crippen LogP contribution is 2.29. The van der Waals surface area contributed by atoms with Crippen LogP contribution in [0.2, 0.25) is 0 Å². The summed E-state index contributed by atoms with van der Waals surface area (Å²) in [6.45, 7) is 2.85. The van der Waals surface area contributed by atoms with Crippen LogP contribution in [0.15, 0.2) is 75.1 Å². The Hall–Kier alpha value is -2.49. The Morgan fingerprint density at radius 3 is 2.28 bits per heavy atom. The van der Waals surface area contributed by atoms with Crippen LogP contribution in [0.25, 0.3) is 0 Å². The molecule has 1 heterocycles. The van der Waals surface area contributed by atoms with Gasteiger partial charge in [0.2, 0.25) is 10.0 Å². The largest absolute Gasteiger partial charge is 0.468 e. The molecule has 0 fully saturated rings. The van der Waals surface area contributed by atoms with Gasteiger partial charge in [0.05, 0.1) is 16.1 Å². The number of benzene rings is 2. The molecule has 2 aromatic carbocycles. The third-order valence-corrected chi connectivity index (χ3v) is 8.13. The van der Waals surface area contributed by atoms with Crippen LogP contribution >= 0.6 is 0 Å². The van der Waals surface area contributed by atoms with E-state index in [-0.39, 0.29) is 21.1 Å². The van der Waals surface area contributed by atoms with E-state index >= 15 is 0 Å². The van der Waals surface area contributed by atoms with Gasteiger partial charge >= 0.3 is 0 Å². The molecular formula is C20H20FNO5S2. The molecule has 0 aliphatic rings. The minimum absolute atomic E-state index is 0.0571. The summed E-state index contributed by atoms with van der Waals surface area (Å²) in [5.41, 5.74) is 1.11. The Labute approximate surface area is 169 Å². The van der Waals surface area contributed by atoms with Crippen molar-refractivity contribution in [2.75, 3.05) is 6.54 Å². The van der Waals surface area contributed by atoms with Crippen molar-refractivity contribution >= 4 is 19.9 Å². The molecular weight excluding hydrogens is 417 g/mol. The fourth-order valence-electron chi connectivity index (χ4n) is 2.91. The third kappa shape index (κ3) is 4.58. The Kier molecular flexibility index (Phi) is 5.92. The number of hydrogen-bond donors (Lipinski definition) is 1. The number of rotatable bonds is 7. The zero-order valence-electron chi connectivity index (χ0n) is 15.8. The monoisotopic (exact) mass is 437 g/mol. The Morgan fingerprint density at radius 1 is 1.00 bits per heavy atom. The van der Waals surface area contributed by atoms with Crippen molar-refractivity contribution in [3.63, 3.8) is 0 Å². The van der Waals surface area contributed by atoms with Crippen molar-refractivity contribution in [2.24, 2.45) is 0 Å². The molecule has 0 saturated carbocycles. The van der Waals surface area contributed by atoms with Crippen LogP contribution in [0.3, 0.4) is 0 Å². The van der Waals surface area contributed by atoms with E-state index in [4.69, 9.17) is 4.42 Å². The number of hydrogen-bond acceptors (Lipinski definition) is 5. The van der Waals surface area contributed by atoms with Gasteiger partial charge in [0.1, 0.15) is 16.8 Å². The molecule has 0 saturated heterocycles. The number of sulfonamides is 1. The maximum Gasteiger partial charge on any atom is 0.240 e. The summed E-state index contributed by atoms with van der Waals surface area (Å²) >= 11 is 0. The molecule has 0 spiro atoms. The van der Waals surface area contributed by atoms with Gasteiger partial charge < -0.3 is 4.42 Å². The molecule has 0 aliphatic heterocycles. The molecule has 1 N–H and O–H groups in total. The maximum absolute atomic E-state index is 13.3. The highest BCUT2D eigenvalue weighted by molar-refractivity contribution is 7.92. The van der Waals surface area contributed by atoms with Gasteiger partial charge in [-0.3, -0.25) is 0 Å². The summed E-state index contributed by atoms with van der Waals surface area (Å²) in [6.07, 6.45) is 1.33. The van der Waals surface area contributed by atoms with Gasteiger partial charge in [0.15, 0.2) is 9.84 Å². The van der Waals surface area contributed by atoms with Crippen molar-refractivity contribution in [1.29, 1.82) is 0 Å². The smallest absolute Gasteiger partial charge is 0.240 e. The summed E-state index contributed by atoms with van der Waals surface area (Å²) in [5, 5.41) is -1.27. The molecule has 9 heteroatoms. The highest BCUT2D eigenvalue weighted by atomic mass is 32.2. The summed E-state index contributed by atoms with van der Waals surface area (Å²) in [5.74, 6) is -0.444. The Morgan fingerprint density at radius 2 is 1.69 bits per heavy atom. The van der Waals surface area contributed by atoms with Crippen LogP contribution in [-0.2, 0) is 19.9 Å². The van der Waals surface area contributed by atoms with E-state index in [1.54, 1.807) is 12.1 Å². The molecule has 3 rings (SSSR count). The molecule has 29 heavy (non-hydrogen) atoms. The molecule has 0 unspecified atom stereocenters. The fourth-order valence-corrected chi connectivity index (χ4v) is 5.87. The number of halogens is 1. The number of aryl methyl sites for hydroxylation is 2. The first-order valence-corrected chi connectivity index (χ1v) is 11.7. The Balaban J connectivity index is 1.94. The lowest BCUT2D eigenvalue weighted by Gasteiger charge is -2.17. The molecule has 0 amide bonds. The number of furan rings is 1. The van der Waals surface area contributed by atoms with Crippen LogP contribution in [0.1, 0.15) is 22.1 Å². The van der Waals surface area contributed by atoms with Crippen molar-refractivity contribution in [3.05, 3.63) is 83.6 Å². The van der Waals surface area contributed by atoms with Gasteiger partial charge in [0.25, 0.3) is 0 Å². The summed E-state index contributed by atoms with van der Waals surface area (Å²) in [4.78, 5) is -0.0634. The molecule has 6 nitrogen and oxygen atoms in total. The zero-order chi connectivity index (χ0) is 21.2. The summed E-state index contributed by atoms with van der Waals surface area (Å²) in [7, 11) is -8.01. The van der Waals surface area contributed by atoms with Crippen LogP contribution < -0.4 is 4.72 Å². The zero-order valence-corrected chi connectivity index (χ0v) is 17.4. The van der Waals surface area contributed by atoms with Gasteiger partial charge in [-0.25, -0.2) is 25.9 Å². The van der Waals surface area contributed by atoms with Crippen LogP contribution in [0.5, 0.6) is 0 Å².